The fourth-order valence-electron chi connectivity index (χ4n) is 1.51. The van der Waals surface area contributed by atoms with E-state index in [9.17, 15) is 9.59 Å². The number of benzene rings is 1. The minimum absolute atomic E-state index is 0.493. The van der Waals surface area contributed by atoms with Gasteiger partial charge in [-0.15, -0.1) is 0 Å². The molecule has 0 unspecified atom stereocenters. The number of aryl methyl sites for hydroxylation is 1. The van der Waals surface area contributed by atoms with Crippen LogP contribution in [-0.2, 0) is 11.2 Å². The lowest BCUT2D eigenvalue weighted by molar-refractivity contribution is 0.112. The molecular weight excluding hydrogens is 206 g/mol. The summed E-state index contributed by atoms with van der Waals surface area (Å²) >= 11 is 0. The van der Waals surface area contributed by atoms with Crippen LogP contribution in [0.15, 0.2) is 18.2 Å². The van der Waals surface area contributed by atoms with E-state index in [2.05, 4.69) is 10.1 Å². The van der Waals surface area contributed by atoms with Crippen LogP contribution in [0, 0.1) is 0 Å². The molecule has 16 heavy (non-hydrogen) atoms. The van der Waals surface area contributed by atoms with Gasteiger partial charge in [-0.1, -0.05) is 25.5 Å². The maximum Gasteiger partial charge on any atom is 0.411 e. The molecule has 1 aromatic rings. The molecule has 0 aliphatic carbocycles. The highest BCUT2D eigenvalue weighted by molar-refractivity contribution is 5.94. The first kappa shape index (κ1) is 12.2. The van der Waals surface area contributed by atoms with Gasteiger partial charge in [-0.3, -0.25) is 10.1 Å². The van der Waals surface area contributed by atoms with Crippen molar-refractivity contribution in [1.29, 1.82) is 0 Å². The Morgan fingerprint density at radius 1 is 1.50 bits per heavy atom. The molecule has 0 bridgehead atoms. The van der Waals surface area contributed by atoms with Crippen molar-refractivity contribution in [1.82, 2.24) is 0 Å². The van der Waals surface area contributed by atoms with Crippen LogP contribution in [0.2, 0.25) is 0 Å². The van der Waals surface area contributed by atoms with Crippen LogP contribution in [0.25, 0.3) is 0 Å². The molecule has 0 fully saturated rings. The van der Waals surface area contributed by atoms with E-state index in [1.54, 1.807) is 6.07 Å². The second-order valence-electron chi connectivity index (χ2n) is 3.36. The molecule has 4 heteroatoms. The molecule has 4 nitrogen and oxygen atoms in total. The summed E-state index contributed by atoms with van der Waals surface area (Å²) in [7, 11) is 1.28. The number of carbonyl (C=O) groups excluding carboxylic acids is 2. The number of methoxy groups -OCH3 is 1. The Morgan fingerprint density at radius 2 is 2.25 bits per heavy atom. The minimum Gasteiger partial charge on any atom is -0.453 e. The number of aldehydes is 1. The molecule has 1 N–H and O–H groups in total. The van der Waals surface area contributed by atoms with Crippen molar-refractivity contribution in [2.75, 3.05) is 12.4 Å². The van der Waals surface area contributed by atoms with Crippen LogP contribution in [0.3, 0.4) is 0 Å². The smallest absolute Gasteiger partial charge is 0.411 e. The largest absolute Gasteiger partial charge is 0.453 e. The number of nitrogens with one attached hydrogen (secondary N) is 1. The molecule has 0 aromatic heterocycles. The van der Waals surface area contributed by atoms with Crippen LogP contribution in [0.1, 0.15) is 29.3 Å². The van der Waals surface area contributed by atoms with Gasteiger partial charge >= 0.3 is 6.09 Å². The number of hydrogen-bond acceptors (Lipinski definition) is 3. The molecule has 0 saturated heterocycles. The van der Waals surface area contributed by atoms with Crippen molar-refractivity contribution < 1.29 is 14.3 Å². The lowest BCUT2D eigenvalue weighted by Gasteiger charge is -2.10. The van der Waals surface area contributed by atoms with Crippen LogP contribution < -0.4 is 5.32 Å². The molecule has 0 atom stereocenters. The van der Waals surface area contributed by atoms with Crippen LogP contribution in [0.4, 0.5) is 10.5 Å². The summed E-state index contributed by atoms with van der Waals surface area (Å²) in [5, 5.41) is 2.52. The third-order valence-corrected chi connectivity index (χ3v) is 2.26. The van der Waals surface area contributed by atoms with Crippen LogP contribution >= 0.6 is 0 Å². The standard InChI is InChI=1S/C12H15NO3/c1-3-5-9-6-4-7-11(10(9)8-14)13-12(15)16-2/h4,6-8H,3,5H2,1-2H3,(H,13,15). The Hall–Kier alpha value is -1.84. The highest BCUT2D eigenvalue weighted by Crippen LogP contribution is 2.19. The van der Waals surface area contributed by atoms with Gasteiger partial charge in [0.05, 0.1) is 12.8 Å². The minimum atomic E-state index is -0.572. The highest BCUT2D eigenvalue weighted by Gasteiger charge is 2.09. The summed E-state index contributed by atoms with van der Waals surface area (Å²) < 4.78 is 4.49. The lowest BCUT2D eigenvalue weighted by atomic mass is 10.0. The molecule has 0 spiro atoms. The van der Waals surface area contributed by atoms with Crippen molar-refractivity contribution in [2.24, 2.45) is 0 Å². The fraction of sp³-hybridized carbons (Fsp3) is 0.333. The van der Waals surface area contributed by atoms with Gasteiger partial charge in [0, 0.05) is 5.56 Å². The highest BCUT2D eigenvalue weighted by atomic mass is 16.5. The first-order valence-corrected chi connectivity index (χ1v) is 5.15. The number of carbonyl (C=O) groups is 2. The van der Waals surface area contributed by atoms with Crippen molar-refractivity contribution in [3.63, 3.8) is 0 Å². The summed E-state index contributed by atoms with van der Waals surface area (Å²) in [6.45, 7) is 2.04. The molecule has 1 rings (SSSR count). The number of hydrogen-bond donors (Lipinski definition) is 1. The zero-order valence-electron chi connectivity index (χ0n) is 9.45. The molecule has 0 aliphatic heterocycles. The quantitative estimate of drug-likeness (QED) is 0.795. The van der Waals surface area contributed by atoms with E-state index in [1.807, 2.05) is 19.1 Å². The third kappa shape index (κ3) is 2.82. The Bertz CT molecular complexity index is 388. The summed E-state index contributed by atoms with van der Waals surface area (Å²) in [6, 6.07) is 5.37. The Balaban J connectivity index is 3.03. The Kier molecular flexibility index (Phi) is 4.51. The number of amides is 1. The summed E-state index contributed by atoms with van der Waals surface area (Å²) in [5.74, 6) is 0. The Morgan fingerprint density at radius 3 is 2.81 bits per heavy atom. The molecule has 0 radical (unpaired) electrons. The second-order valence-corrected chi connectivity index (χ2v) is 3.36. The normalized spacial score (nSPS) is 9.62. The van der Waals surface area contributed by atoms with E-state index < -0.39 is 6.09 Å². The van der Waals surface area contributed by atoms with Gasteiger partial charge in [0.15, 0.2) is 6.29 Å². The van der Waals surface area contributed by atoms with E-state index in [0.29, 0.717) is 11.3 Å². The molecule has 1 amide bonds. The molecular formula is C12H15NO3. The lowest BCUT2D eigenvalue weighted by Crippen LogP contribution is -2.13. The van der Waals surface area contributed by atoms with Gasteiger partial charge in [0.25, 0.3) is 0 Å². The van der Waals surface area contributed by atoms with Crippen molar-refractivity contribution >= 4 is 18.1 Å². The van der Waals surface area contributed by atoms with Crippen molar-refractivity contribution in [3.8, 4) is 0 Å². The average Bonchev–Trinajstić information content (AvgIpc) is 2.29. The molecule has 0 aliphatic rings. The van der Waals surface area contributed by atoms with Crippen LogP contribution in [0.5, 0.6) is 0 Å². The zero-order chi connectivity index (χ0) is 12.0. The molecule has 0 saturated carbocycles. The zero-order valence-corrected chi connectivity index (χ0v) is 9.45. The second kappa shape index (κ2) is 5.90. The molecule has 0 heterocycles. The van der Waals surface area contributed by atoms with Crippen molar-refractivity contribution in [2.45, 2.75) is 19.8 Å². The number of ether oxygens (including phenoxy) is 1. The summed E-state index contributed by atoms with van der Waals surface area (Å²) in [4.78, 5) is 22.1. The third-order valence-electron chi connectivity index (χ3n) is 2.26. The van der Waals surface area contributed by atoms with Gasteiger partial charge in [0.2, 0.25) is 0 Å². The average molecular weight is 221 g/mol. The van der Waals surface area contributed by atoms with Gasteiger partial charge in [0.1, 0.15) is 0 Å². The van der Waals surface area contributed by atoms with E-state index in [-0.39, 0.29) is 0 Å². The number of anilines is 1. The summed E-state index contributed by atoms with van der Waals surface area (Å²) in [6.07, 6.45) is 1.94. The summed E-state index contributed by atoms with van der Waals surface area (Å²) in [5.41, 5.74) is 1.95. The van der Waals surface area contributed by atoms with Gasteiger partial charge in [-0.25, -0.2) is 4.79 Å². The van der Waals surface area contributed by atoms with Crippen molar-refractivity contribution in [3.05, 3.63) is 29.3 Å². The topological polar surface area (TPSA) is 55.4 Å². The van der Waals surface area contributed by atoms with Gasteiger partial charge in [-0.05, 0) is 18.1 Å². The fourth-order valence-corrected chi connectivity index (χ4v) is 1.51. The maximum atomic E-state index is 11.1. The van der Waals surface area contributed by atoms with Gasteiger partial charge in [-0.2, -0.15) is 0 Å². The number of rotatable bonds is 4. The monoisotopic (exact) mass is 221 g/mol. The Labute approximate surface area is 94.6 Å². The predicted octanol–water partition coefficient (Wildman–Crippen LogP) is 2.63. The SMILES string of the molecule is CCCc1cccc(NC(=O)OC)c1C=O. The van der Waals surface area contributed by atoms with E-state index in [4.69, 9.17) is 0 Å². The van der Waals surface area contributed by atoms with E-state index >= 15 is 0 Å². The first-order chi connectivity index (χ1) is 7.72. The molecule has 1 aromatic carbocycles. The van der Waals surface area contributed by atoms with Crippen LogP contribution in [-0.4, -0.2) is 19.5 Å². The van der Waals surface area contributed by atoms with E-state index in [1.165, 1.54) is 7.11 Å². The van der Waals surface area contributed by atoms with Gasteiger partial charge < -0.3 is 4.74 Å². The maximum absolute atomic E-state index is 11.1. The van der Waals surface area contributed by atoms with E-state index in [0.717, 1.165) is 24.7 Å². The first-order valence-electron chi connectivity index (χ1n) is 5.15. The molecule has 86 valence electrons. The predicted molar refractivity (Wildman–Crippen MR) is 61.9 cm³/mol.